The Morgan fingerprint density at radius 2 is 1.28 bits per heavy atom. The third-order valence-corrected chi connectivity index (χ3v) is 13.4. The molecule has 0 aliphatic carbocycles. The van der Waals surface area contributed by atoms with E-state index in [1.807, 2.05) is 88.1 Å². The molecule has 0 fully saturated rings. The molecule has 11 rings (SSSR count). The number of aromatic nitrogens is 4. The number of hydrogen-bond acceptors (Lipinski definition) is 2. The van der Waals surface area contributed by atoms with E-state index in [-0.39, 0.29) is 28.5 Å². The molecule has 0 radical (unpaired) electrons. The summed E-state index contributed by atoms with van der Waals surface area (Å²) < 4.78 is 57.5. The summed E-state index contributed by atoms with van der Waals surface area (Å²) in [4.78, 5) is 4.94. The highest BCUT2D eigenvalue weighted by Gasteiger charge is 2.25. The predicted molar refractivity (Wildman–Crippen MR) is 295 cm³/mol. The maximum absolute atomic E-state index is 9.24. The molecule has 71 heavy (non-hydrogen) atoms. The van der Waals surface area contributed by atoms with Crippen molar-refractivity contribution < 1.29 is 16.2 Å². The van der Waals surface area contributed by atoms with Crippen molar-refractivity contribution in [3.8, 4) is 62.1 Å². The lowest BCUT2D eigenvalue weighted by molar-refractivity contribution is -0.571. The maximum atomic E-state index is 9.24. The van der Waals surface area contributed by atoms with Crippen molar-refractivity contribution in [1.82, 2.24) is 14.1 Å². The highest BCUT2D eigenvalue weighted by Crippen LogP contribution is 2.41. The van der Waals surface area contributed by atoms with Crippen molar-refractivity contribution in [2.75, 3.05) is 0 Å². The summed E-state index contributed by atoms with van der Waals surface area (Å²) in [7, 11) is 0. The van der Waals surface area contributed by atoms with E-state index in [1.165, 1.54) is 5.56 Å². The Balaban J connectivity index is 1.07. The van der Waals surface area contributed by atoms with Crippen LogP contribution in [0.4, 0.5) is 0 Å². The molecule has 350 valence electrons. The van der Waals surface area contributed by atoms with E-state index in [2.05, 4.69) is 157 Å². The topological polar surface area (TPSA) is 35.9 Å². The average Bonchev–Trinajstić information content (AvgIpc) is 3.98. The number of hydrogen-bond donors (Lipinski definition) is 0. The first-order chi connectivity index (χ1) is 36.3. The van der Waals surface area contributed by atoms with Crippen LogP contribution in [0.2, 0.25) is 0 Å². The molecule has 3 heterocycles. The molecule has 0 spiro atoms. The van der Waals surface area contributed by atoms with Crippen LogP contribution >= 0.6 is 0 Å². The van der Waals surface area contributed by atoms with Crippen LogP contribution in [-0.4, -0.2) is 14.1 Å². The number of nitrogens with zero attached hydrogens (tertiary/aromatic N) is 4. The molecule has 5 nitrogen and oxygen atoms in total. The standard InChI is InChI=1S/C66H60N4O/c1-44(2)35-45-33-34-67-63(36-45)70-59-32-29-48(46-19-11-9-12-20-46)39-58(59)57-31-30-54(42-62(57)70)71-53-24-17-23-52(41-53)68-43-69(61-28-16-15-27-60(61)68)64-55(47-21-13-10-14-22-47)25-18-26-56(64)49-37-50(65(3,4)5)40-51(38-49)66(6,7)8/h9-34,36-42,44H,35H2,1-8H3/i10D,13D,14D,21D,22D. The Hall–Kier alpha value is -8.02. The van der Waals surface area contributed by atoms with E-state index < -0.39 is 18.1 Å². The van der Waals surface area contributed by atoms with Crippen LogP contribution < -0.4 is 9.30 Å². The van der Waals surface area contributed by atoms with Crippen LogP contribution in [0.3, 0.4) is 0 Å². The minimum absolute atomic E-state index is 0.116. The zero-order chi connectivity index (χ0) is 53.4. The van der Waals surface area contributed by atoms with E-state index >= 15 is 0 Å². The van der Waals surface area contributed by atoms with Gasteiger partial charge in [0.05, 0.1) is 40.3 Å². The summed E-state index contributed by atoms with van der Waals surface area (Å²) in [5.41, 5.74) is 12.9. The molecule has 8 aromatic carbocycles. The van der Waals surface area contributed by atoms with Crippen LogP contribution in [-0.2, 0) is 17.3 Å². The van der Waals surface area contributed by atoms with Crippen molar-refractivity contribution in [2.24, 2.45) is 5.92 Å². The molecule has 0 bridgehead atoms. The lowest BCUT2D eigenvalue weighted by Crippen LogP contribution is -2.31. The monoisotopic (exact) mass is 930 g/mol. The SMILES string of the molecule is [2H]c1c([2H])c([2H])c(-c2cccc(-c3cc(C(C)(C)C)cc(C(C)(C)C)c3)c2-[n+]2[c-]n(-c3cccc(Oc4ccc5c6cc(-c7ccccc7)ccc6n(-c6cc(CC(C)C)ccn6)c5c4)c3)c3ccccc32)c([2H])c1[2H]. The summed E-state index contributed by atoms with van der Waals surface area (Å²) in [6.45, 7) is 17.7. The zero-order valence-corrected chi connectivity index (χ0v) is 41.6. The summed E-state index contributed by atoms with van der Waals surface area (Å²) in [5, 5.41) is 2.21. The Bertz CT molecular complexity index is 4000. The second-order valence-corrected chi connectivity index (χ2v) is 21.1. The van der Waals surface area contributed by atoms with Crippen LogP contribution in [0, 0.1) is 12.2 Å². The summed E-state index contributed by atoms with van der Waals surface area (Å²) in [6.07, 6.45) is 6.56. The first-order valence-electron chi connectivity index (χ1n) is 27.0. The van der Waals surface area contributed by atoms with Gasteiger partial charge in [-0.2, -0.15) is 0 Å². The fraction of sp³-hybridized carbons (Fsp3) is 0.182. The predicted octanol–water partition coefficient (Wildman–Crippen LogP) is 16.8. The zero-order valence-electron chi connectivity index (χ0n) is 46.6. The first-order valence-corrected chi connectivity index (χ1v) is 24.5. The highest BCUT2D eigenvalue weighted by atomic mass is 16.5. The van der Waals surface area contributed by atoms with Crippen molar-refractivity contribution >= 4 is 32.8 Å². The molecule has 5 heteroatoms. The number of fused-ring (bicyclic) bond motifs is 4. The molecule has 0 unspecified atom stereocenters. The second kappa shape index (κ2) is 18.1. The molecule has 0 aliphatic rings. The van der Waals surface area contributed by atoms with Gasteiger partial charge in [-0.25, -0.2) is 4.98 Å². The molecule has 0 saturated heterocycles. The fourth-order valence-electron chi connectivity index (χ4n) is 9.79. The van der Waals surface area contributed by atoms with Gasteiger partial charge in [0.25, 0.3) is 6.33 Å². The van der Waals surface area contributed by atoms with Crippen molar-refractivity contribution in [1.29, 1.82) is 0 Å². The Morgan fingerprint density at radius 1 is 0.577 bits per heavy atom. The first kappa shape index (κ1) is 39.8. The van der Waals surface area contributed by atoms with Crippen LogP contribution in [0.15, 0.2) is 200 Å². The summed E-state index contributed by atoms with van der Waals surface area (Å²) in [5.74, 6) is 2.62. The van der Waals surface area contributed by atoms with E-state index in [9.17, 15) is 2.74 Å². The number of imidazole rings is 1. The van der Waals surface area contributed by atoms with Crippen molar-refractivity contribution in [2.45, 2.75) is 72.6 Å². The van der Waals surface area contributed by atoms with Crippen molar-refractivity contribution in [3.63, 3.8) is 0 Å². The molecule has 0 atom stereocenters. The van der Waals surface area contributed by atoms with Gasteiger partial charge < -0.3 is 4.74 Å². The van der Waals surface area contributed by atoms with Gasteiger partial charge in [-0.15, -0.1) is 0 Å². The minimum atomic E-state index is -0.439. The molecular weight excluding hydrogens is 865 g/mol. The quantitative estimate of drug-likeness (QED) is 0.101. The average molecular weight is 930 g/mol. The van der Waals surface area contributed by atoms with Crippen LogP contribution in [0.5, 0.6) is 11.5 Å². The van der Waals surface area contributed by atoms with Crippen LogP contribution in [0.1, 0.15) is 78.9 Å². The summed E-state index contributed by atoms with van der Waals surface area (Å²) >= 11 is 0. The van der Waals surface area contributed by atoms with Crippen molar-refractivity contribution in [3.05, 3.63) is 223 Å². The van der Waals surface area contributed by atoms with E-state index in [0.29, 0.717) is 28.7 Å². The number of benzene rings is 8. The van der Waals surface area contributed by atoms with Gasteiger partial charge in [-0.05, 0) is 128 Å². The third kappa shape index (κ3) is 8.82. The van der Waals surface area contributed by atoms with Gasteiger partial charge in [-0.1, -0.05) is 189 Å². The molecule has 0 N–H and O–H groups in total. The van der Waals surface area contributed by atoms with Gasteiger partial charge in [0, 0.05) is 23.0 Å². The Morgan fingerprint density at radius 3 is 2.03 bits per heavy atom. The van der Waals surface area contributed by atoms with Gasteiger partial charge >= 0.3 is 0 Å². The van der Waals surface area contributed by atoms with Gasteiger partial charge in [0.2, 0.25) is 0 Å². The number of pyridine rings is 1. The number of ether oxygens (including phenoxy) is 1. The largest absolute Gasteiger partial charge is 0.458 e. The van der Waals surface area contributed by atoms with Gasteiger partial charge in [0.1, 0.15) is 17.3 Å². The molecule has 0 aliphatic heterocycles. The molecule has 0 saturated carbocycles. The minimum Gasteiger partial charge on any atom is -0.458 e. The van der Waals surface area contributed by atoms with Crippen LogP contribution in [0.25, 0.3) is 83.4 Å². The Labute approximate surface area is 425 Å². The van der Waals surface area contributed by atoms with Gasteiger partial charge in [-0.3, -0.25) is 13.7 Å². The highest BCUT2D eigenvalue weighted by molar-refractivity contribution is 6.10. The smallest absolute Gasteiger partial charge is 0.269 e. The summed E-state index contributed by atoms with van der Waals surface area (Å²) in [6, 6.07) is 54.4. The van der Waals surface area contributed by atoms with E-state index in [1.54, 1.807) is 0 Å². The third-order valence-electron chi connectivity index (χ3n) is 13.4. The Kier molecular flexibility index (Phi) is 10.1. The maximum Gasteiger partial charge on any atom is 0.269 e. The molecular formula is C66H60N4O. The molecule has 11 aromatic rings. The second-order valence-electron chi connectivity index (χ2n) is 21.1. The molecule has 0 amide bonds. The van der Waals surface area contributed by atoms with E-state index in [4.69, 9.17) is 13.8 Å². The normalized spacial score (nSPS) is 13.1. The van der Waals surface area contributed by atoms with Gasteiger partial charge in [0.15, 0.2) is 0 Å². The van der Waals surface area contributed by atoms with E-state index in [0.717, 1.165) is 84.1 Å². The lowest BCUT2D eigenvalue weighted by atomic mass is 9.78. The fourth-order valence-corrected chi connectivity index (χ4v) is 9.79. The molecule has 3 aromatic heterocycles. The number of para-hydroxylation sites is 3. The lowest BCUT2D eigenvalue weighted by Gasteiger charge is -2.27. The number of rotatable bonds is 10.